The summed E-state index contributed by atoms with van der Waals surface area (Å²) in [6.45, 7) is 1.49. The number of aryl methyl sites for hydroxylation is 1. The van der Waals surface area contributed by atoms with Crippen LogP contribution in [0.2, 0.25) is 5.02 Å². The van der Waals surface area contributed by atoms with Crippen molar-refractivity contribution in [1.29, 1.82) is 0 Å². The molecular formula is C25H22ClFN4O2. The Hall–Kier alpha value is -3.45. The Bertz CT molecular complexity index is 1350. The maximum absolute atomic E-state index is 15.1. The molecule has 0 unspecified atom stereocenters. The third-order valence-electron chi connectivity index (χ3n) is 5.85. The number of hydrogen-bond acceptors (Lipinski definition) is 4. The quantitative estimate of drug-likeness (QED) is 0.397. The van der Waals surface area contributed by atoms with E-state index in [0.29, 0.717) is 16.8 Å². The number of nitrogens with zero attached hydrogens (tertiary/aromatic N) is 4. The van der Waals surface area contributed by atoms with Crippen molar-refractivity contribution in [3.8, 4) is 22.8 Å². The largest absolute Gasteiger partial charge is 0.453 e. The average Bonchev–Trinajstić information content (AvgIpc) is 3.51. The molecule has 5 rings (SSSR count). The van der Waals surface area contributed by atoms with Gasteiger partial charge in [-0.15, -0.1) is 0 Å². The molecule has 2 aromatic heterocycles. The van der Waals surface area contributed by atoms with Crippen molar-refractivity contribution in [3.05, 3.63) is 71.5 Å². The van der Waals surface area contributed by atoms with Crippen LogP contribution in [0.3, 0.4) is 0 Å². The number of benzene rings is 2. The topological polar surface area (TPSA) is 60.3 Å². The van der Waals surface area contributed by atoms with Crippen molar-refractivity contribution in [2.45, 2.75) is 19.3 Å². The molecule has 0 aliphatic carbocycles. The van der Waals surface area contributed by atoms with E-state index in [0.717, 1.165) is 42.6 Å². The standard InChI is InChI=1S/C25H22ClFN4O2/c1-30-14-20(29-15-30)16-4-6-18-19(12-16)28-9-8-21(18)33-22-7-5-17(24(26)25(22)27)13-23(32)31-10-2-3-11-31/h4-9,12,14-15H,2-3,10-11,13H2,1H3. The van der Waals surface area contributed by atoms with Gasteiger partial charge in [-0.05, 0) is 42.7 Å². The lowest BCUT2D eigenvalue weighted by atomic mass is 10.1. The highest BCUT2D eigenvalue weighted by Crippen LogP contribution is 2.35. The molecule has 3 heterocycles. The van der Waals surface area contributed by atoms with E-state index in [-0.39, 0.29) is 23.1 Å². The second-order valence-electron chi connectivity index (χ2n) is 8.18. The van der Waals surface area contributed by atoms with E-state index in [2.05, 4.69) is 9.97 Å². The number of rotatable bonds is 5. The molecule has 0 bridgehead atoms. The van der Waals surface area contributed by atoms with Crippen LogP contribution in [0.25, 0.3) is 22.2 Å². The Morgan fingerprint density at radius 3 is 2.70 bits per heavy atom. The van der Waals surface area contributed by atoms with Gasteiger partial charge >= 0.3 is 0 Å². The number of imidazole rings is 1. The van der Waals surface area contributed by atoms with Crippen LogP contribution >= 0.6 is 11.6 Å². The molecule has 0 radical (unpaired) electrons. The van der Waals surface area contributed by atoms with Gasteiger partial charge in [0.25, 0.3) is 0 Å². The number of aromatic nitrogens is 3. The number of amides is 1. The van der Waals surface area contributed by atoms with Crippen LogP contribution in [0.5, 0.6) is 11.5 Å². The molecule has 1 saturated heterocycles. The molecule has 1 fully saturated rings. The summed E-state index contributed by atoms with van der Waals surface area (Å²) in [6, 6.07) is 10.6. The van der Waals surface area contributed by atoms with E-state index in [9.17, 15) is 4.79 Å². The summed E-state index contributed by atoms with van der Waals surface area (Å²) in [5, 5.41) is 0.650. The number of carbonyl (C=O) groups is 1. The molecule has 0 atom stereocenters. The summed E-state index contributed by atoms with van der Waals surface area (Å²) in [4.78, 5) is 23.0. The van der Waals surface area contributed by atoms with E-state index in [1.807, 2.05) is 36.0 Å². The number of halogens is 2. The van der Waals surface area contributed by atoms with Crippen molar-refractivity contribution in [1.82, 2.24) is 19.4 Å². The van der Waals surface area contributed by atoms with Gasteiger partial charge in [0, 0.05) is 43.5 Å². The Morgan fingerprint density at radius 2 is 1.94 bits per heavy atom. The predicted octanol–water partition coefficient (Wildman–Crippen LogP) is 5.39. The third kappa shape index (κ3) is 4.28. The van der Waals surface area contributed by atoms with Crippen molar-refractivity contribution in [2.24, 2.45) is 7.05 Å². The fourth-order valence-corrected chi connectivity index (χ4v) is 4.30. The van der Waals surface area contributed by atoms with E-state index in [4.69, 9.17) is 16.3 Å². The molecule has 8 heteroatoms. The van der Waals surface area contributed by atoms with E-state index in [1.165, 1.54) is 6.07 Å². The van der Waals surface area contributed by atoms with Gasteiger partial charge in [-0.25, -0.2) is 9.37 Å². The second kappa shape index (κ2) is 8.83. The van der Waals surface area contributed by atoms with Crippen molar-refractivity contribution >= 4 is 28.4 Å². The molecule has 168 valence electrons. The van der Waals surface area contributed by atoms with Crippen LogP contribution in [0, 0.1) is 5.82 Å². The minimum atomic E-state index is -0.682. The van der Waals surface area contributed by atoms with Gasteiger partial charge in [-0.2, -0.15) is 0 Å². The molecule has 0 N–H and O–H groups in total. The normalized spacial score (nSPS) is 13.6. The minimum absolute atomic E-state index is 0.00123. The summed E-state index contributed by atoms with van der Waals surface area (Å²) in [5.41, 5.74) is 2.92. The van der Waals surface area contributed by atoms with Crippen LogP contribution in [0.4, 0.5) is 4.39 Å². The van der Waals surface area contributed by atoms with Crippen LogP contribution < -0.4 is 4.74 Å². The summed E-state index contributed by atoms with van der Waals surface area (Å²) < 4.78 is 22.8. The van der Waals surface area contributed by atoms with E-state index >= 15 is 4.39 Å². The van der Waals surface area contributed by atoms with Crippen LogP contribution in [-0.2, 0) is 18.3 Å². The molecule has 0 spiro atoms. The molecule has 1 aliphatic heterocycles. The number of likely N-dealkylation sites (tertiary alicyclic amines) is 1. The van der Waals surface area contributed by atoms with Gasteiger partial charge in [0.15, 0.2) is 11.6 Å². The first-order valence-electron chi connectivity index (χ1n) is 10.8. The number of carbonyl (C=O) groups excluding carboxylic acids is 1. The zero-order valence-corrected chi connectivity index (χ0v) is 18.8. The van der Waals surface area contributed by atoms with Gasteiger partial charge in [0.2, 0.25) is 5.91 Å². The summed E-state index contributed by atoms with van der Waals surface area (Å²) >= 11 is 6.28. The smallest absolute Gasteiger partial charge is 0.227 e. The maximum atomic E-state index is 15.1. The Balaban J connectivity index is 1.41. The number of ether oxygens (including phenoxy) is 1. The zero-order chi connectivity index (χ0) is 22.9. The number of pyridine rings is 1. The summed E-state index contributed by atoms with van der Waals surface area (Å²) in [5.74, 6) is -0.258. The lowest BCUT2D eigenvalue weighted by molar-refractivity contribution is -0.129. The van der Waals surface area contributed by atoms with E-state index < -0.39 is 5.82 Å². The Kier molecular flexibility index (Phi) is 5.72. The highest BCUT2D eigenvalue weighted by molar-refractivity contribution is 6.31. The number of hydrogen-bond donors (Lipinski definition) is 0. The predicted molar refractivity (Wildman–Crippen MR) is 125 cm³/mol. The number of fused-ring (bicyclic) bond motifs is 1. The SMILES string of the molecule is Cn1cnc(-c2ccc3c(Oc4ccc(CC(=O)N5CCCC5)c(Cl)c4F)ccnc3c2)c1. The maximum Gasteiger partial charge on any atom is 0.227 e. The lowest BCUT2D eigenvalue weighted by Gasteiger charge is -2.16. The van der Waals surface area contributed by atoms with Crippen LogP contribution in [0.15, 0.2) is 55.1 Å². The zero-order valence-electron chi connectivity index (χ0n) is 18.1. The first kappa shape index (κ1) is 21.4. The molecule has 4 aromatic rings. The molecule has 33 heavy (non-hydrogen) atoms. The summed E-state index contributed by atoms with van der Waals surface area (Å²) in [6.07, 6.45) is 7.36. The fourth-order valence-electron chi connectivity index (χ4n) is 4.08. The van der Waals surface area contributed by atoms with Gasteiger partial charge < -0.3 is 14.2 Å². The highest BCUT2D eigenvalue weighted by Gasteiger charge is 2.21. The second-order valence-corrected chi connectivity index (χ2v) is 8.56. The highest BCUT2D eigenvalue weighted by atomic mass is 35.5. The third-order valence-corrected chi connectivity index (χ3v) is 6.26. The first-order valence-corrected chi connectivity index (χ1v) is 11.2. The lowest BCUT2D eigenvalue weighted by Crippen LogP contribution is -2.29. The van der Waals surface area contributed by atoms with Gasteiger partial charge in [-0.1, -0.05) is 23.7 Å². The fraction of sp³-hybridized carbons (Fsp3) is 0.240. The molecular weight excluding hydrogens is 443 g/mol. The molecule has 6 nitrogen and oxygen atoms in total. The van der Waals surface area contributed by atoms with E-state index in [1.54, 1.807) is 29.6 Å². The van der Waals surface area contributed by atoms with Gasteiger partial charge in [0.1, 0.15) is 5.75 Å². The Morgan fingerprint density at radius 1 is 1.12 bits per heavy atom. The van der Waals surface area contributed by atoms with Gasteiger partial charge in [0.05, 0.1) is 29.0 Å². The van der Waals surface area contributed by atoms with Crippen LogP contribution in [0.1, 0.15) is 18.4 Å². The monoisotopic (exact) mass is 464 g/mol. The van der Waals surface area contributed by atoms with Crippen LogP contribution in [-0.4, -0.2) is 38.4 Å². The molecule has 1 aliphatic rings. The molecule has 2 aromatic carbocycles. The molecule has 0 saturated carbocycles. The Labute approximate surface area is 195 Å². The average molecular weight is 465 g/mol. The summed E-state index contributed by atoms with van der Waals surface area (Å²) in [7, 11) is 1.91. The van der Waals surface area contributed by atoms with Gasteiger partial charge in [-0.3, -0.25) is 9.78 Å². The van der Waals surface area contributed by atoms with Crippen molar-refractivity contribution in [3.63, 3.8) is 0 Å². The minimum Gasteiger partial charge on any atom is -0.453 e. The molecule has 1 amide bonds. The first-order chi connectivity index (χ1) is 16.0. The van der Waals surface area contributed by atoms with Crippen molar-refractivity contribution < 1.29 is 13.9 Å². The van der Waals surface area contributed by atoms with Crippen molar-refractivity contribution in [2.75, 3.05) is 13.1 Å².